The Labute approximate surface area is 178 Å². The number of carbonyl (C=O) groups is 2. The van der Waals surface area contributed by atoms with Crippen LogP contribution in [0.2, 0.25) is 0 Å². The highest BCUT2D eigenvalue weighted by atomic mass is 79.9. The van der Waals surface area contributed by atoms with Gasteiger partial charge in [-0.2, -0.15) is 0 Å². The fraction of sp³-hybridized carbons (Fsp3) is 0.217. The average molecular weight is 455 g/mol. The minimum absolute atomic E-state index is 0.173. The van der Waals surface area contributed by atoms with Gasteiger partial charge >= 0.3 is 0 Å². The number of fused-ring (bicyclic) bond motifs is 1. The second-order valence-electron chi connectivity index (χ2n) is 7.04. The van der Waals surface area contributed by atoms with Gasteiger partial charge in [0.15, 0.2) is 6.61 Å². The summed E-state index contributed by atoms with van der Waals surface area (Å²) in [7, 11) is 0. The van der Waals surface area contributed by atoms with Gasteiger partial charge in [0.2, 0.25) is 5.91 Å². The molecule has 0 aromatic heterocycles. The van der Waals surface area contributed by atoms with Crippen molar-refractivity contribution in [3.05, 3.63) is 76.3 Å². The zero-order valence-corrected chi connectivity index (χ0v) is 18.0. The van der Waals surface area contributed by atoms with Gasteiger partial charge in [-0.05, 0) is 46.0 Å². The van der Waals surface area contributed by atoms with E-state index in [4.69, 9.17) is 4.74 Å². The summed E-state index contributed by atoms with van der Waals surface area (Å²) >= 11 is 3.45. The van der Waals surface area contributed by atoms with Gasteiger partial charge < -0.3 is 4.74 Å². The summed E-state index contributed by atoms with van der Waals surface area (Å²) < 4.78 is 6.60. The van der Waals surface area contributed by atoms with Crippen LogP contribution in [0.5, 0.6) is 5.75 Å². The maximum Gasteiger partial charge on any atom is 0.276 e. The Morgan fingerprint density at radius 1 is 0.966 bits per heavy atom. The van der Waals surface area contributed by atoms with E-state index in [9.17, 15) is 9.59 Å². The minimum Gasteiger partial charge on any atom is -0.483 e. The fourth-order valence-corrected chi connectivity index (χ4v) is 3.46. The molecule has 0 aliphatic rings. The van der Waals surface area contributed by atoms with Crippen molar-refractivity contribution in [2.75, 3.05) is 6.61 Å². The largest absolute Gasteiger partial charge is 0.483 e. The maximum absolute atomic E-state index is 12.2. The number of hydrogen-bond donors (Lipinski definition) is 2. The smallest absolute Gasteiger partial charge is 0.276 e. The van der Waals surface area contributed by atoms with Gasteiger partial charge in [0.25, 0.3) is 5.91 Å². The molecule has 5 nitrogen and oxygen atoms in total. The van der Waals surface area contributed by atoms with Crippen LogP contribution in [0.1, 0.15) is 30.9 Å². The first-order chi connectivity index (χ1) is 13.9. The Kier molecular flexibility index (Phi) is 6.88. The van der Waals surface area contributed by atoms with Gasteiger partial charge in [0.1, 0.15) is 5.75 Å². The topological polar surface area (TPSA) is 67.4 Å². The molecule has 3 rings (SSSR count). The second-order valence-corrected chi connectivity index (χ2v) is 7.95. The van der Waals surface area contributed by atoms with E-state index in [1.165, 1.54) is 0 Å². The third kappa shape index (κ3) is 5.57. The van der Waals surface area contributed by atoms with E-state index in [1.807, 2.05) is 60.7 Å². The Balaban J connectivity index is 1.52. The molecule has 0 unspecified atom stereocenters. The molecular weight excluding hydrogens is 432 g/mol. The summed E-state index contributed by atoms with van der Waals surface area (Å²) in [4.78, 5) is 24.3. The molecule has 0 aliphatic carbocycles. The summed E-state index contributed by atoms with van der Waals surface area (Å²) in [6, 6.07) is 19.4. The van der Waals surface area contributed by atoms with Gasteiger partial charge in [0, 0.05) is 4.47 Å². The van der Waals surface area contributed by atoms with Crippen LogP contribution in [0.3, 0.4) is 0 Å². The molecular formula is C23H23BrN2O3. The molecule has 0 spiro atoms. The SMILES string of the molecule is CC(C)c1cc(Br)ccc1OCC(=O)NNC(=O)Cc1cccc2ccccc12. The molecule has 29 heavy (non-hydrogen) atoms. The molecule has 6 heteroatoms. The number of hydrazine groups is 1. The first kappa shape index (κ1) is 20.9. The molecule has 0 bridgehead atoms. The normalized spacial score (nSPS) is 10.8. The van der Waals surface area contributed by atoms with Gasteiger partial charge in [-0.15, -0.1) is 0 Å². The zero-order chi connectivity index (χ0) is 20.8. The van der Waals surface area contributed by atoms with Gasteiger partial charge in [0.05, 0.1) is 6.42 Å². The Morgan fingerprint density at radius 2 is 1.69 bits per heavy atom. The van der Waals surface area contributed by atoms with E-state index >= 15 is 0 Å². The van der Waals surface area contributed by atoms with Crippen LogP contribution < -0.4 is 15.6 Å². The molecule has 2 amide bonds. The van der Waals surface area contributed by atoms with Gasteiger partial charge in [-0.3, -0.25) is 20.4 Å². The van der Waals surface area contributed by atoms with Crippen molar-refractivity contribution in [3.8, 4) is 5.75 Å². The summed E-state index contributed by atoms with van der Waals surface area (Å²) in [5, 5.41) is 2.10. The highest BCUT2D eigenvalue weighted by Crippen LogP contribution is 2.29. The third-order valence-corrected chi connectivity index (χ3v) is 5.02. The lowest BCUT2D eigenvalue weighted by Gasteiger charge is -2.14. The Hall–Kier alpha value is -2.86. The number of ether oxygens (including phenoxy) is 1. The van der Waals surface area contributed by atoms with Crippen LogP contribution in [0.25, 0.3) is 10.8 Å². The van der Waals surface area contributed by atoms with Crippen molar-refractivity contribution < 1.29 is 14.3 Å². The lowest BCUT2D eigenvalue weighted by atomic mass is 10.0. The number of rotatable bonds is 6. The highest BCUT2D eigenvalue weighted by Gasteiger charge is 2.12. The van der Waals surface area contributed by atoms with E-state index in [0.717, 1.165) is 26.4 Å². The Bertz CT molecular complexity index is 1030. The van der Waals surface area contributed by atoms with Crippen molar-refractivity contribution in [1.82, 2.24) is 10.9 Å². The number of carbonyl (C=O) groups excluding carboxylic acids is 2. The number of halogens is 1. The summed E-state index contributed by atoms with van der Waals surface area (Å²) in [5.41, 5.74) is 6.77. The first-order valence-corrected chi connectivity index (χ1v) is 10.2. The van der Waals surface area contributed by atoms with Crippen LogP contribution in [0.15, 0.2) is 65.1 Å². The lowest BCUT2D eigenvalue weighted by Crippen LogP contribution is -2.44. The molecule has 0 saturated carbocycles. The van der Waals surface area contributed by atoms with Crippen LogP contribution in [0.4, 0.5) is 0 Å². The van der Waals surface area contributed by atoms with Crippen LogP contribution >= 0.6 is 15.9 Å². The molecule has 0 aliphatic heterocycles. The highest BCUT2D eigenvalue weighted by molar-refractivity contribution is 9.10. The van der Waals surface area contributed by atoms with Crippen molar-refractivity contribution in [2.45, 2.75) is 26.2 Å². The van der Waals surface area contributed by atoms with Crippen molar-refractivity contribution in [3.63, 3.8) is 0 Å². The molecule has 2 N–H and O–H groups in total. The van der Waals surface area contributed by atoms with Crippen LogP contribution in [-0.2, 0) is 16.0 Å². The van der Waals surface area contributed by atoms with Gasteiger partial charge in [-0.25, -0.2) is 0 Å². The van der Waals surface area contributed by atoms with E-state index in [0.29, 0.717) is 5.75 Å². The molecule has 0 fully saturated rings. The van der Waals surface area contributed by atoms with Crippen molar-refractivity contribution in [2.24, 2.45) is 0 Å². The quantitative estimate of drug-likeness (QED) is 0.538. The van der Waals surface area contributed by atoms with E-state index < -0.39 is 5.91 Å². The van der Waals surface area contributed by atoms with Crippen LogP contribution in [0, 0.1) is 0 Å². The van der Waals surface area contributed by atoms with E-state index in [1.54, 1.807) is 0 Å². The van der Waals surface area contributed by atoms with Crippen LogP contribution in [-0.4, -0.2) is 18.4 Å². The number of hydrogen-bond acceptors (Lipinski definition) is 3. The molecule has 0 atom stereocenters. The summed E-state index contributed by atoms with van der Waals surface area (Å²) in [5.74, 6) is 0.196. The van der Waals surface area contributed by atoms with Crippen molar-refractivity contribution in [1.29, 1.82) is 0 Å². The molecule has 0 heterocycles. The molecule has 3 aromatic rings. The Morgan fingerprint density at radius 3 is 2.48 bits per heavy atom. The molecule has 0 saturated heterocycles. The van der Waals surface area contributed by atoms with Crippen molar-refractivity contribution >= 4 is 38.5 Å². The predicted molar refractivity (Wildman–Crippen MR) is 118 cm³/mol. The fourth-order valence-electron chi connectivity index (χ4n) is 3.08. The summed E-state index contributed by atoms with van der Waals surface area (Å²) in [6.07, 6.45) is 0.173. The standard InChI is InChI=1S/C23H23BrN2O3/c1-15(2)20-13-18(24)10-11-21(20)29-14-23(28)26-25-22(27)12-17-8-5-7-16-6-3-4-9-19(16)17/h3-11,13,15H,12,14H2,1-2H3,(H,25,27)(H,26,28). The predicted octanol–water partition coefficient (Wildman–Crippen LogP) is 4.49. The summed E-state index contributed by atoms with van der Waals surface area (Å²) in [6.45, 7) is 3.93. The minimum atomic E-state index is -0.422. The monoisotopic (exact) mass is 454 g/mol. The molecule has 3 aromatic carbocycles. The third-order valence-electron chi connectivity index (χ3n) is 4.52. The second kappa shape index (κ2) is 9.56. The number of nitrogens with one attached hydrogen (secondary N) is 2. The zero-order valence-electron chi connectivity index (χ0n) is 16.4. The van der Waals surface area contributed by atoms with E-state index in [-0.39, 0.29) is 24.9 Å². The lowest BCUT2D eigenvalue weighted by molar-refractivity contribution is -0.129. The molecule has 0 radical (unpaired) electrons. The average Bonchev–Trinajstić information content (AvgIpc) is 2.71. The first-order valence-electron chi connectivity index (χ1n) is 9.40. The number of amides is 2. The maximum atomic E-state index is 12.2. The van der Waals surface area contributed by atoms with Gasteiger partial charge in [-0.1, -0.05) is 72.2 Å². The van der Waals surface area contributed by atoms with E-state index in [2.05, 4.69) is 40.6 Å². The number of benzene rings is 3. The molecule has 150 valence electrons.